The molecule has 0 N–H and O–H groups in total. The van der Waals surface area contributed by atoms with Gasteiger partial charge in [-0.15, -0.1) is 0 Å². The lowest BCUT2D eigenvalue weighted by molar-refractivity contribution is -0.894. The summed E-state index contributed by atoms with van der Waals surface area (Å²) in [6.07, 6.45) is 14.7. The summed E-state index contributed by atoms with van der Waals surface area (Å²) in [6.45, 7) is 3.51. The van der Waals surface area contributed by atoms with Gasteiger partial charge in [-0.2, -0.15) is 0 Å². The topological polar surface area (TPSA) is 9.23 Å². The second kappa shape index (κ2) is 7.64. The van der Waals surface area contributed by atoms with Crippen LogP contribution in [0.4, 0.5) is 0 Å². The van der Waals surface area contributed by atoms with Gasteiger partial charge in [-0.25, -0.2) is 0 Å². The molecule has 2 aliphatic rings. The highest BCUT2D eigenvalue weighted by molar-refractivity contribution is 4.66. The van der Waals surface area contributed by atoms with E-state index in [0.717, 1.165) is 17.0 Å². The van der Waals surface area contributed by atoms with E-state index in [1.165, 1.54) is 77.3 Å². The van der Waals surface area contributed by atoms with Gasteiger partial charge in [0.1, 0.15) is 6.54 Å². The Morgan fingerprint density at radius 2 is 1.42 bits per heavy atom. The molecule has 0 aromatic carbocycles. The zero-order valence-corrected chi connectivity index (χ0v) is 13.2. The molecule has 2 saturated carbocycles. The normalized spacial score (nSPS) is 23.7. The molecule has 2 heteroatoms. The van der Waals surface area contributed by atoms with E-state index in [-0.39, 0.29) is 0 Å². The van der Waals surface area contributed by atoms with Gasteiger partial charge in [-0.1, -0.05) is 38.5 Å². The van der Waals surface area contributed by atoms with Crippen LogP contribution in [0.15, 0.2) is 0 Å². The summed E-state index contributed by atoms with van der Waals surface area (Å²) in [5.74, 6) is 0.971. The largest absolute Gasteiger partial charge is 0.372 e. The third kappa shape index (κ3) is 5.83. The SMILES string of the molecule is C[N+](C)(CCOC1CCCCC1)CC1CCCCC1. The minimum atomic E-state index is 0.573. The van der Waals surface area contributed by atoms with Crippen molar-refractivity contribution in [1.82, 2.24) is 0 Å². The first kappa shape index (κ1) is 15.3. The molecule has 0 aromatic heterocycles. The minimum absolute atomic E-state index is 0.573. The molecule has 2 rings (SSSR count). The van der Waals surface area contributed by atoms with Crippen LogP contribution in [-0.4, -0.2) is 44.4 Å². The molecular weight excluding hydrogens is 234 g/mol. The maximum absolute atomic E-state index is 6.09. The molecule has 0 heterocycles. The highest BCUT2D eigenvalue weighted by Gasteiger charge is 2.24. The summed E-state index contributed by atoms with van der Waals surface area (Å²) in [4.78, 5) is 0. The van der Waals surface area contributed by atoms with Crippen molar-refractivity contribution < 1.29 is 9.22 Å². The molecule has 0 bridgehead atoms. The molecule has 0 saturated heterocycles. The fraction of sp³-hybridized carbons (Fsp3) is 1.00. The summed E-state index contributed by atoms with van der Waals surface area (Å²) in [7, 11) is 4.78. The predicted molar refractivity (Wildman–Crippen MR) is 81.2 cm³/mol. The Hall–Kier alpha value is -0.0800. The average Bonchev–Trinajstić information content (AvgIpc) is 2.40. The van der Waals surface area contributed by atoms with Gasteiger partial charge in [0, 0.05) is 5.92 Å². The maximum atomic E-state index is 6.09. The first-order valence-corrected chi connectivity index (χ1v) is 8.59. The highest BCUT2D eigenvalue weighted by Crippen LogP contribution is 2.25. The van der Waals surface area contributed by atoms with E-state index in [1.807, 2.05) is 0 Å². The van der Waals surface area contributed by atoms with E-state index in [1.54, 1.807) is 0 Å². The second-order valence-electron chi connectivity index (χ2n) is 7.48. The van der Waals surface area contributed by atoms with Gasteiger partial charge in [0.2, 0.25) is 0 Å². The lowest BCUT2D eigenvalue weighted by atomic mass is 9.88. The van der Waals surface area contributed by atoms with Crippen LogP contribution in [0, 0.1) is 5.92 Å². The van der Waals surface area contributed by atoms with Crippen LogP contribution >= 0.6 is 0 Å². The molecule has 0 spiro atoms. The lowest BCUT2D eigenvalue weighted by Crippen LogP contribution is -2.46. The van der Waals surface area contributed by atoms with E-state index in [4.69, 9.17) is 4.74 Å². The molecule has 19 heavy (non-hydrogen) atoms. The molecule has 0 aromatic rings. The van der Waals surface area contributed by atoms with Crippen molar-refractivity contribution in [2.24, 2.45) is 5.92 Å². The Labute approximate surface area is 120 Å². The predicted octanol–water partition coefficient (Wildman–Crippen LogP) is 3.99. The van der Waals surface area contributed by atoms with Crippen molar-refractivity contribution in [3.8, 4) is 0 Å². The Bertz CT molecular complexity index is 240. The van der Waals surface area contributed by atoms with Crippen molar-refractivity contribution >= 4 is 0 Å². The van der Waals surface area contributed by atoms with Crippen LogP contribution in [-0.2, 0) is 4.74 Å². The van der Waals surface area contributed by atoms with E-state index in [0.29, 0.717) is 6.10 Å². The van der Waals surface area contributed by atoms with Crippen molar-refractivity contribution in [3.05, 3.63) is 0 Å². The van der Waals surface area contributed by atoms with Gasteiger partial charge < -0.3 is 9.22 Å². The third-order valence-corrected chi connectivity index (χ3v) is 5.08. The fourth-order valence-corrected chi connectivity index (χ4v) is 3.86. The molecule has 2 fully saturated rings. The lowest BCUT2D eigenvalue weighted by Gasteiger charge is -2.35. The summed E-state index contributed by atoms with van der Waals surface area (Å²) in [5.41, 5.74) is 0. The van der Waals surface area contributed by atoms with Crippen LogP contribution in [0.5, 0.6) is 0 Å². The molecule has 2 aliphatic carbocycles. The molecule has 0 atom stereocenters. The maximum Gasteiger partial charge on any atom is 0.102 e. The van der Waals surface area contributed by atoms with E-state index < -0.39 is 0 Å². The van der Waals surface area contributed by atoms with E-state index in [9.17, 15) is 0 Å². The summed E-state index contributed by atoms with van der Waals surface area (Å²) >= 11 is 0. The quantitative estimate of drug-likeness (QED) is 0.662. The van der Waals surface area contributed by atoms with Gasteiger partial charge in [0.25, 0.3) is 0 Å². The highest BCUT2D eigenvalue weighted by atomic mass is 16.5. The summed E-state index contributed by atoms with van der Waals surface area (Å²) in [6, 6.07) is 0. The van der Waals surface area contributed by atoms with E-state index >= 15 is 0 Å². The smallest absolute Gasteiger partial charge is 0.102 e. The third-order valence-electron chi connectivity index (χ3n) is 5.08. The van der Waals surface area contributed by atoms with Gasteiger partial charge in [-0.3, -0.25) is 0 Å². The Morgan fingerprint density at radius 1 is 0.842 bits per heavy atom. The Balaban J connectivity index is 1.62. The van der Waals surface area contributed by atoms with Crippen LogP contribution in [0.1, 0.15) is 64.2 Å². The monoisotopic (exact) mass is 268 g/mol. The standard InChI is InChI=1S/C17H34NO/c1-18(2,15-16-9-5-3-6-10-16)13-14-19-17-11-7-4-8-12-17/h16-17H,3-15H2,1-2H3/q+1. The van der Waals surface area contributed by atoms with Crippen LogP contribution < -0.4 is 0 Å². The molecule has 0 amide bonds. The average molecular weight is 268 g/mol. The molecule has 0 aliphatic heterocycles. The zero-order chi connectivity index (χ0) is 13.6. The summed E-state index contributed by atoms with van der Waals surface area (Å²) in [5, 5.41) is 0. The number of likely N-dealkylation sites (N-methyl/N-ethyl adjacent to an activating group) is 1. The van der Waals surface area contributed by atoms with Crippen LogP contribution in [0.25, 0.3) is 0 Å². The van der Waals surface area contributed by atoms with E-state index in [2.05, 4.69) is 14.1 Å². The number of hydrogen-bond acceptors (Lipinski definition) is 1. The molecule has 0 radical (unpaired) electrons. The molecule has 0 unspecified atom stereocenters. The number of ether oxygens (including phenoxy) is 1. The van der Waals surface area contributed by atoms with Crippen molar-refractivity contribution in [2.45, 2.75) is 70.3 Å². The number of nitrogens with zero attached hydrogens (tertiary/aromatic N) is 1. The van der Waals surface area contributed by atoms with Gasteiger partial charge >= 0.3 is 0 Å². The first-order valence-electron chi connectivity index (χ1n) is 8.59. The minimum Gasteiger partial charge on any atom is -0.372 e. The van der Waals surface area contributed by atoms with Crippen molar-refractivity contribution in [2.75, 3.05) is 33.8 Å². The fourth-order valence-electron chi connectivity index (χ4n) is 3.86. The van der Waals surface area contributed by atoms with Crippen LogP contribution in [0.2, 0.25) is 0 Å². The van der Waals surface area contributed by atoms with Gasteiger partial charge in [0.15, 0.2) is 0 Å². The first-order chi connectivity index (χ1) is 9.16. The van der Waals surface area contributed by atoms with Crippen LogP contribution in [0.3, 0.4) is 0 Å². The zero-order valence-electron chi connectivity index (χ0n) is 13.2. The Kier molecular flexibility index (Phi) is 6.15. The van der Waals surface area contributed by atoms with Gasteiger partial charge in [-0.05, 0) is 25.7 Å². The summed E-state index contributed by atoms with van der Waals surface area (Å²) < 4.78 is 7.24. The molecular formula is C17H34NO+. The molecule has 112 valence electrons. The number of quaternary nitrogens is 1. The van der Waals surface area contributed by atoms with Crippen molar-refractivity contribution in [1.29, 1.82) is 0 Å². The Morgan fingerprint density at radius 3 is 2.05 bits per heavy atom. The molecule has 2 nitrogen and oxygen atoms in total. The van der Waals surface area contributed by atoms with Crippen molar-refractivity contribution in [3.63, 3.8) is 0 Å². The van der Waals surface area contributed by atoms with Gasteiger partial charge in [0.05, 0.1) is 33.4 Å². The number of hydrogen-bond donors (Lipinski definition) is 0. The second-order valence-corrected chi connectivity index (χ2v) is 7.48. The number of rotatable bonds is 6.